The molecule has 2 N–H and O–H groups in total. The Bertz CT molecular complexity index is 556. The highest BCUT2D eigenvalue weighted by atomic mass is 35.5. The summed E-state index contributed by atoms with van der Waals surface area (Å²) in [6, 6.07) is 7.17. The Kier molecular flexibility index (Phi) is 9.49. The van der Waals surface area contributed by atoms with Gasteiger partial charge in [0.1, 0.15) is 0 Å². The zero-order valence-corrected chi connectivity index (χ0v) is 15.9. The Morgan fingerprint density at radius 2 is 1.96 bits per heavy atom. The van der Waals surface area contributed by atoms with Gasteiger partial charge in [0.15, 0.2) is 0 Å². The molecule has 0 saturated carbocycles. The molecule has 0 aromatic heterocycles. The van der Waals surface area contributed by atoms with Crippen LogP contribution in [0.3, 0.4) is 0 Å². The second kappa shape index (κ2) is 11.1. The molecule has 1 saturated heterocycles. The lowest BCUT2D eigenvalue weighted by Gasteiger charge is -2.20. The van der Waals surface area contributed by atoms with Crippen molar-refractivity contribution in [3.05, 3.63) is 29.8 Å². The van der Waals surface area contributed by atoms with Crippen molar-refractivity contribution in [1.82, 2.24) is 15.1 Å². The molecule has 6 nitrogen and oxygen atoms in total. The smallest absolute Gasteiger partial charge is 0.253 e. The van der Waals surface area contributed by atoms with Gasteiger partial charge >= 0.3 is 0 Å². The third-order valence-corrected chi connectivity index (χ3v) is 4.24. The van der Waals surface area contributed by atoms with Gasteiger partial charge in [0, 0.05) is 37.4 Å². The highest BCUT2D eigenvalue weighted by molar-refractivity contribution is 5.97. The third-order valence-electron chi connectivity index (χ3n) is 4.24. The second-order valence-corrected chi connectivity index (χ2v) is 5.99. The lowest BCUT2D eigenvalue weighted by Crippen LogP contribution is -2.35. The minimum Gasteiger partial charge on any atom is -0.339 e. The zero-order valence-electron chi connectivity index (χ0n) is 15.1. The molecule has 140 valence electrons. The number of benzene rings is 1. The molecule has 1 heterocycles. The Morgan fingerprint density at radius 3 is 2.68 bits per heavy atom. The molecule has 2 amide bonds. The lowest BCUT2D eigenvalue weighted by molar-refractivity contribution is -0.117. The average molecular weight is 369 g/mol. The molecule has 1 aromatic carbocycles. The highest BCUT2D eigenvalue weighted by Crippen LogP contribution is 2.13. The average Bonchev–Trinajstić information content (AvgIpc) is 2.84. The van der Waals surface area contributed by atoms with E-state index < -0.39 is 0 Å². The summed E-state index contributed by atoms with van der Waals surface area (Å²) in [5.74, 6) is -0.0426. The summed E-state index contributed by atoms with van der Waals surface area (Å²) >= 11 is 0. The van der Waals surface area contributed by atoms with Gasteiger partial charge in [-0.25, -0.2) is 0 Å². The first kappa shape index (κ1) is 21.4. The molecule has 0 aliphatic carbocycles. The van der Waals surface area contributed by atoms with Gasteiger partial charge in [-0.1, -0.05) is 6.07 Å². The number of hydrogen-bond acceptors (Lipinski definition) is 4. The summed E-state index contributed by atoms with van der Waals surface area (Å²) in [6.07, 6.45) is 1.06. The van der Waals surface area contributed by atoms with Crippen LogP contribution in [0.1, 0.15) is 30.6 Å². The minimum absolute atomic E-state index is 0. The third kappa shape index (κ3) is 6.65. The molecule has 1 fully saturated rings. The molecule has 0 radical (unpaired) electrons. The normalized spacial score (nSPS) is 15.0. The van der Waals surface area contributed by atoms with Crippen LogP contribution in [0.4, 0.5) is 5.69 Å². The van der Waals surface area contributed by atoms with Crippen LogP contribution in [0.2, 0.25) is 0 Å². The second-order valence-electron chi connectivity index (χ2n) is 5.99. The molecule has 2 rings (SSSR count). The number of rotatable bonds is 6. The van der Waals surface area contributed by atoms with Crippen molar-refractivity contribution in [2.45, 2.75) is 20.3 Å². The number of nitrogens with zero attached hydrogens (tertiary/aromatic N) is 2. The van der Waals surface area contributed by atoms with E-state index >= 15 is 0 Å². The first-order valence-corrected chi connectivity index (χ1v) is 8.76. The van der Waals surface area contributed by atoms with E-state index in [0.29, 0.717) is 30.9 Å². The predicted molar refractivity (Wildman–Crippen MR) is 103 cm³/mol. The van der Waals surface area contributed by atoms with Gasteiger partial charge in [0.2, 0.25) is 5.91 Å². The van der Waals surface area contributed by atoms with Crippen LogP contribution in [-0.2, 0) is 4.79 Å². The number of carbonyl (C=O) groups excluding carboxylic acids is 2. The van der Waals surface area contributed by atoms with Crippen LogP contribution in [0.15, 0.2) is 24.3 Å². The Labute approximate surface area is 156 Å². The van der Waals surface area contributed by atoms with Crippen molar-refractivity contribution in [2.24, 2.45) is 0 Å². The van der Waals surface area contributed by atoms with Gasteiger partial charge in [0.05, 0.1) is 6.54 Å². The number of nitrogens with one attached hydrogen (secondary N) is 2. The fourth-order valence-electron chi connectivity index (χ4n) is 2.89. The first-order valence-electron chi connectivity index (χ1n) is 8.76. The Hall–Kier alpha value is -1.63. The van der Waals surface area contributed by atoms with Crippen molar-refractivity contribution in [2.75, 3.05) is 51.1 Å². The van der Waals surface area contributed by atoms with Crippen molar-refractivity contribution < 1.29 is 9.59 Å². The SMILES string of the molecule is CCN(CC)C(=O)c1cccc(NC(=O)CN2CCCNCC2)c1.Cl. The number of carbonyl (C=O) groups is 2. The molecule has 0 unspecified atom stereocenters. The maximum atomic E-state index is 12.4. The molecular formula is C18H29ClN4O2. The van der Waals surface area contributed by atoms with Crippen molar-refractivity contribution in [3.63, 3.8) is 0 Å². The molecule has 0 atom stereocenters. The topological polar surface area (TPSA) is 64.7 Å². The molecule has 1 aliphatic heterocycles. The van der Waals surface area contributed by atoms with E-state index in [1.807, 2.05) is 26.0 Å². The summed E-state index contributed by atoms with van der Waals surface area (Å²) in [6.45, 7) is 9.40. The summed E-state index contributed by atoms with van der Waals surface area (Å²) < 4.78 is 0. The van der Waals surface area contributed by atoms with Gasteiger partial charge in [-0.3, -0.25) is 14.5 Å². The largest absolute Gasteiger partial charge is 0.339 e. The van der Waals surface area contributed by atoms with E-state index in [-0.39, 0.29) is 24.2 Å². The van der Waals surface area contributed by atoms with Crippen molar-refractivity contribution >= 4 is 29.9 Å². The monoisotopic (exact) mass is 368 g/mol. The van der Waals surface area contributed by atoms with Gasteiger partial charge in [-0.05, 0) is 51.6 Å². The van der Waals surface area contributed by atoms with E-state index in [0.717, 1.165) is 32.6 Å². The van der Waals surface area contributed by atoms with Crippen LogP contribution in [-0.4, -0.2) is 67.4 Å². The first-order chi connectivity index (χ1) is 11.6. The van der Waals surface area contributed by atoms with Crippen LogP contribution in [0, 0.1) is 0 Å². The summed E-state index contributed by atoms with van der Waals surface area (Å²) in [7, 11) is 0. The van der Waals surface area contributed by atoms with Crippen LogP contribution in [0.25, 0.3) is 0 Å². The number of halogens is 1. The molecule has 0 spiro atoms. The zero-order chi connectivity index (χ0) is 17.4. The molecule has 1 aliphatic rings. The summed E-state index contributed by atoms with van der Waals surface area (Å²) in [5, 5.41) is 6.23. The number of anilines is 1. The van der Waals surface area contributed by atoms with Crippen LogP contribution in [0.5, 0.6) is 0 Å². The fraction of sp³-hybridized carbons (Fsp3) is 0.556. The minimum atomic E-state index is -0.0376. The lowest BCUT2D eigenvalue weighted by atomic mass is 10.1. The molecule has 0 bridgehead atoms. The Balaban J connectivity index is 0.00000312. The standard InChI is InChI=1S/C18H28N4O2.ClH/c1-3-22(4-2)18(24)15-7-5-8-16(13-15)20-17(23)14-21-11-6-9-19-10-12-21;/h5,7-8,13,19H,3-4,6,9-12,14H2,1-2H3,(H,20,23);1H. The van der Waals surface area contributed by atoms with Gasteiger partial charge < -0.3 is 15.5 Å². The van der Waals surface area contributed by atoms with Crippen molar-refractivity contribution in [1.29, 1.82) is 0 Å². The van der Waals surface area contributed by atoms with E-state index in [2.05, 4.69) is 15.5 Å². The quantitative estimate of drug-likeness (QED) is 0.804. The number of hydrogen-bond donors (Lipinski definition) is 2. The van der Waals surface area contributed by atoms with Crippen molar-refractivity contribution in [3.8, 4) is 0 Å². The Morgan fingerprint density at radius 1 is 1.20 bits per heavy atom. The number of amides is 2. The molecular weight excluding hydrogens is 340 g/mol. The molecule has 1 aromatic rings. The predicted octanol–water partition coefficient (Wildman–Crippen LogP) is 1.82. The summed E-state index contributed by atoms with van der Waals surface area (Å²) in [5.41, 5.74) is 1.28. The fourth-order valence-corrected chi connectivity index (χ4v) is 2.89. The van der Waals surface area contributed by atoms with Gasteiger partial charge in [0.25, 0.3) is 5.91 Å². The van der Waals surface area contributed by atoms with E-state index in [4.69, 9.17) is 0 Å². The van der Waals surface area contributed by atoms with Crippen LogP contribution < -0.4 is 10.6 Å². The highest BCUT2D eigenvalue weighted by Gasteiger charge is 2.15. The summed E-state index contributed by atoms with van der Waals surface area (Å²) in [4.78, 5) is 28.6. The molecule has 7 heteroatoms. The van der Waals surface area contributed by atoms with Gasteiger partial charge in [-0.2, -0.15) is 0 Å². The molecule has 25 heavy (non-hydrogen) atoms. The maximum absolute atomic E-state index is 12.4. The van der Waals surface area contributed by atoms with Crippen LogP contribution >= 0.6 is 12.4 Å². The van der Waals surface area contributed by atoms with Gasteiger partial charge in [-0.15, -0.1) is 12.4 Å². The van der Waals surface area contributed by atoms with E-state index in [1.165, 1.54) is 0 Å². The van der Waals surface area contributed by atoms with E-state index in [9.17, 15) is 9.59 Å². The van der Waals surface area contributed by atoms with E-state index in [1.54, 1.807) is 17.0 Å². The maximum Gasteiger partial charge on any atom is 0.253 e.